The van der Waals surface area contributed by atoms with Crippen LogP contribution in [0, 0.1) is 0 Å². The van der Waals surface area contributed by atoms with Crippen LogP contribution in [0.5, 0.6) is 34.5 Å². The summed E-state index contributed by atoms with van der Waals surface area (Å²) < 4.78 is 47.2. The monoisotopic (exact) mass is 754 g/mol. The molecule has 19 nitrogen and oxygen atoms in total. The Bertz CT molecular complexity index is 1590. The number of aromatic hydroxyl groups is 2. The van der Waals surface area contributed by atoms with Crippen LogP contribution in [0.1, 0.15) is 11.1 Å². The molecule has 2 saturated heterocycles. The molecule has 0 aliphatic carbocycles. The van der Waals surface area contributed by atoms with Crippen molar-refractivity contribution < 1.29 is 93.1 Å². The summed E-state index contributed by atoms with van der Waals surface area (Å²) in [5, 5.41) is 83.4. The average Bonchev–Trinajstić information content (AvgIpc) is 3.40. The summed E-state index contributed by atoms with van der Waals surface area (Å²) in [5.74, 6) is -4.51. The van der Waals surface area contributed by atoms with Gasteiger partial charge in [-0.1, -0.05) is 0 Å². The average molecular weight is 755 g/mol. The molecule has 0 bridgehead atoms. The quantitative estimate of drug-likeness (QED) is 0.0765. The largest absolute Gasteiger partial charge is 0.502 e. The fourth-order valence-electron chi connectivity index (χ4n) is 5.38. The van der Waals surface area contributed by atoms with E-state index in [4.69, 9.17) is 42.6 Å². The lowest BCUT2D eigenvalue weighted by Crippen LogP contribution is -2.62. The molecule has 2 fully saturated rings. The number of phenols is 2. The number of ether oxygens (including phenoxy) is 9. The number of hydrogen-bond acceptors (Lipinski definition) is 19. The van der Waals surface area contributed by atoms with E-state index in [0.29, 0.717) is 11.1 Å². The van der Waals surface area contributed by atoms with Gasteiger partial charge in [-0.05, 0) is 47.5 Å². The maximum absolute atomic E-state index is 12.5. The van der Waals surface area contributed by atoms with Gasteiger partial charge in [0.15, 0.2) is 29.3 Å². The van der Waals surface area contributed by atoms with Crippen molar-refractivity contribution in [2.45, 2.75) is 54.8 Å². The third-order valence-electron chi connectivity index (χ3n) is 8.32. The highest BCUT2D eigenvalue weighted by atomic mass is 16.8. The molecule has 2 aliphatic rings. The molecule has 292 valence electrons. The minimum Gasteiger partial charge on any atom is -0.502 e. The number of benzene rings is 2. The number of aliphatic hydroxyl groups is 6. The summed E-state index contributed by atoms with van der Waals surface area (Å²) in [4.78, 5) is 24.9. The lowest BCUT2D eigenvalue weighted by molar-refractivity contribution is -0.383. The number of hydrogen-bond donors (Lipinski definition) is 8. The molecular formula is C34H42O19. The van der Waals surface area contributed by atoms with Gasteiger partial charge in [-0.2, -0.15) is 0 Å². The van der Waals surface area contributed by atoms with Gasteiger partial charge in [-0.3, -0.25) is 0 Å². The zero-order valence-electron chi connectivity index (χ0n) is 28.9. The fraction of sp³-hybridized carbons (Fsp3) is 0.471. The summed E-state index contributed by atoms with van der Waals surface area (Å²) >= 11 is 0. The van der Waals surface area contributed by atoms with E-state index in [1.165, 1.54) is 64.9 Å². The highest BCUT2D eigenvalue weighted by molar-refractivity contribution is 5.88. The molecule has 9 atom stereocenters. The molecule has 0 spiro atoms. The van der Waals surface area contributed by atoms with E-state index >= 15 is 0 Å². The van der Waals surface area contributed by atoms with Crippen LogP contribution in [0.2, 0.25) is 0 Å². The number of esters is 2. The molecular weight excluding hydrogens is 712 g/mol. The van der Waals surface area contributed by atoms with Gasteiger partial charge in [0.2, 0.25) is 17.3 Å². The number of carbonyl (C=O) groups is 2. The number of rotatable bonds is 15. The van der Waals surface area contributed by atoms with Crippen molar-refractivity contribution >= 4 is 24.1 Å². The van der Waals surface area contributed by atoms with Crippen LogP contribution in [-0.2, 0) is 33.3 Å². The second kappa shape index (κ2) is 17.9. The van der Waals surface area contributed by atoms with Gasteiger partial charge in [-0.25, -0.2) is 9.59 Å². The van der Waals surface area contributed by atoms with Gasteiger partial charge in [-0.15, -0.1) is 0 Å². The maximum Gasteiger partial charge on any atom is 0.330 e. The summed E-state index contributed by atoms with van der Waals surface area (Å²) in [7, 11) is 5.30. The van der Waals surface area contributed by atoms with Crippen molar-refractivity contribution in [2.75, 3.05) is 48.3 Å². The van der Waals surface area contributed by atoms with E-state index in [2.05, 4.69) is 0 Å². The maximum atomic E-state index is 12.5. The topological polar surface area (TPSA) is 279 Å². The first kappa shape index (κ1) is 41.1. The van der Waals surface area contributed by atoms with Gasteiger partial charge in [0.05, 0.1) is 28.4 Å². The second-order valence-corrected chi connectivity index (χ2v) is 11.7. The van der Waals surface area contributed by atoms with Crippen molar-refractivity contribution in [3.05, 3.63) is 47.5 Å². The summed E-state index contributed by atoms with van der Waals surface area (Å²) in [6.45, 7) is -2.47. The Kier molecular flexibility index (Phi) is 13.9. The van der Waals surface area contributed by atoms with Crippen LogP contribution in [0.3, 0.4) is 0 Å². The molecule has 0 amide bonds. The molecule has 0 saturated carbocycles. The van der Waals surface area contributed by atoms with Crippen LogP contribution in [-0.4, -0.2) is 156 Å². The first-order valence-corrected chi connectivity index (χ1v) is 15.8. The molecule has 0 aromatic heterocycles. The van der Waals surface area contributed by atoms with E-state index in [-0.39, 0.29) is 34.5 Å². The summed E-state index contributed by atoms with van der Waals surface area (Å²) in [5.41, 5.74) is 0.787. The molecule has 2 aromatic carbocycles. The molecule has 0 radical (unpaired) electrons. The predicted octanol–water partition coefficient (Wildman–Crippen LogP) is -1.42. The standard InChI is InChI=1S/C34H42O19/c1-45-18-9-16(10-19(46-2)26(18)38)5-7-24(36)49-13-22-28(40)30(42)31(43)33(51-22)53-34(15-35)32(44)29(41)23(52-34)14-50-25(37)8-6-17-11-20(47-3)27(39)21(12-17)48-4/h5-12,22-23,28-33,35,38-44H,13-15H2,1-4H3/t22-,23-,28-,29-,30+,31-,32+,33+,34+/m1/s1. The van der Waals surface area contributed by atoms with Crippen molar-refractivity contribution in [2.24, 2.45) is 0 Å². The zero-order chi connectivity index (χ0) is 39.0. The Hall–Kier alpha value is -4.70. The van der Waals surface area contributed by atoms with Crippen LogP contribution in [0.25, 0.3) is 12.2 Å². The Balaban J connectivity index is 1.37. The number of carbonyl (C=O) groups excluding carboxylic acids is 2. The molecule has 53 heavy (non-hydrogen) atoms. The van der Waals surface area contributed by atoms with E-state index in [1.54, 1.807) is 0 Å². The predicted molar refractivity (Wildman–Crippen MR) is 177 cm³/mol. The lowest BCUT2D eigenvalue weighted by Gasteiger charge is -2.43. The number of methoxy groups -OCH3 is 4. The van der Waals surface area contributed by atoms with Gasteiger partial charge in [0.1, 0.15) is 62.5 Å². The third-order valence-corrected chi connectivity index (χ3v) is 8.32. The second-order valence-electron chi connectivity index (χ2n) is 11.7. The van der Waals surface area contributed by atoms with E-state index in [1.807, 2.05) is 0 Å². The van der Waals surface area contributed by atoms with Crippen LogP contribution in [0.4, 0.5) is 0 Å². The number of aliphatic hydroxyl groups excluding tert-OH is 6. The minimum atomic E-state index is -2.49. The van der Waals surface area contributed by atoms with E-state index < -0.39 is 86.6 Å². The molecule has 2 aliphatic heterocycles. The lowest BCUT2D eigenvalue weighted by atomic mass is 9.99. The van der Waals surface area contributed by atoms with Crippen molar-refractivity contribution in [1.29, 1.82) is 0 Å². The van der Waals surface area contributed by atoms with E-state index in [9.17, 15) is 50.4 Å². The molecule has 2 aromatic rings. The highest BCUT2D eigenvalue weighted by Gasteiger charge is 2.58. The van der Waals surface area contributed by atoms with Crippen LogP contribution >= 0.6 is 0 Å². The molecule has 19 heteroatoms. The molecule has 8 N–H and O–H groups in total. The van der Waals surface area contributed by atoms with Gasteiger partial charge >= 0.3 is 11.9 Å². The smallest absolute Gasteiger partial charge is 0.330 e. The summed E-state index contributed by atoms with van der Waals surface area (Å²) in [6.07, 6.45) is -9.81. The normalized spacial score (nSPS) is 28.6. The SMILES string of the molecule is COc1cc(C=CC(=O)OC[C@H]2O[C@@](CO)(O[C@@H]3O[C@H](COC(=O)C=Cc4cc(OC)c(O)c(OC)c4)[C@@H](O)[C@H](O)[C@H]3O)[C@@H](O)[C@@H]2O)cc(OC)c1O. The first-order valence-electron chi connectivity index (χ1n) is 15.8. The Morgan fingerprint density at radius 3 is 1.53 bits per heavy atom. The van der Waals surface area contributed by atoms with Gasteiger partial charge < -0.3 is 83.5 Å². The molecule has 2 heterocycles. The Morgan fingerprint density at radius 1 is 0.679 bits per heavy atom. The van der Waals surface area contributed by atoms with Gasteiger partial charge in [0, 0.05) is 12.2 Å². The number of phenolic OH excluding ortho intramolecular Hbond substituents is 2. The van der Waals surface area contributed by atoms with Crippen molar-refractivity contribution in [3.63, 3.8) is 0 Å². The minimum absolute atomic E-state index is 0.0778. The van der Waals surface area contributed by atoms with Crippen LogP contribution < -0.4 is 18.9 Å². The molecule has 4 rings (SSSR count). The van der Waals surface area contributed by atoms with Crippen molar-refractivity contribution in [1.82, 2.24) is 0 Å². The third kappa shape index (κ3) is 9.27. The molecule has 0 unspecified atom stereocenters. The Morgan fingerprint density at radius 2 is 1.11 bits per heavy atom. The Labute approximate surface area is 302 Å². The van der Waals surface area contributed by atoms with E-state index in [0.717, 1.165) is 12.2 Å². The summed E-state index contributed by atoms with van der Waals surface area (Å²) in [6, 6.07) is 5.69. The first-order chi connectivity index (χ1) is 25.2. The highest BCUT2D eigenvalue weighted by Crippen LogP contribution is 2.39. The van der Waals surface area contributed by atoms with Crippen molar-refractivity contribution in [3.8, 4) is 34.5 Å². The van der Waals surface area contributed by atoms with Crippen LogP contribution in [0.15, 0.2) is 36.4 Å². The zero-order valence-corrected chi connectivity index (χ0v) is 28.9. The fourth-order valence-corrected chi connectivity index (χ4v) is 5.38. The van der Waals surface area contributed by atoms with Gasteiger partial charge in [0.25, 0.3) is 0 Å².